The number of rotatable bonds is 5. The highest BCUT2D eigenvalue weighted by Gasteiger charge is 2.22. The summed E-state index contributed by atoms with van der Waals surface area (Å²) in [4.78, 5) is 26.8. The van der Waals surface area contributed by atoms with E-state index in [-0.39, 0.29) is 18.4 Å². The SMILES string of the molecule is O=C(NCc1ccccc1)c1ccc2c(c1)CN(Cc1ccccc1)C(=O)CO2. The van der Waals surface area contributed by atoms with Crippen LogP contribution in [0.15, 0.2) is 78.9 Å². The zero-order valence-corrected chi connectivity index (χ0v) is 16.0. The van der Waals surface area contributed by atoms with Crippen LogP contribution >= 0.6 is 0 Å². The van der Waals surface area contributed by atoms with Gasteiger partial charge in [0.2, 0.25) is 0 Å². The van der Waals surface area contributed by atoms with E-state index in [0.29, 0.717) is 30.9 Å². The molecule has 5 heteroatoms. The van der Waals surface area contributed by atoms with E-state index in [0.717, 1.165) is 16.7 Å². The summed E-state index contributed by atoms with van der Waals surface area (Å²) in [5.41, 5.74) is 3.48. The Bertz CT molecular complexity index is 1000. The molecular weight excluding hydrogens is 364 g/mol. The number of nitrogens with one attached hydrogen (secondary N) is 1. The first-order chi connectivity index (χ1) is 14.2. The Balaban J connectivity index is 1.49. The average Bonchev–Trinajstić information content (AvgIpc) is 2.92. The van der Waals surface area contributed by atoms with Crippen molar-refractivity contribution in [2.24, 2.45) is 0 Å². The van der Waals surface area contributed by atoms with Crippen LogP contribution < -0.4 is 10.1 Å². The maximum Gasteiger partial charge on any atom is 0.261 e. The second kappa shape index (κ2) is 8.61. The Labute approximate surface area is 169 Å². The molecular formula is C24H22N2O3. The molecule has 0 radical (unpaired) electrons. The van der Waals surface area contributed by atoms with Crippen molar-refractivity contribution in [1.82, 2.24) is 10.2 Å². The van der Waals surface area contributed by atoms with Gasteiger partial charge >= 0.3 is 0 Å². The largest absolute Gasteiger partial charge is 0.483 e. The van der Waals surface area contributed by atoms with Crippen molar-refractivity contribution in [2.75, 3.05) is 6.61 Å². The molecule has 4 rings (SSSR count). The smallest absolute Gasteiger partial charge is 0.261 e. The van der Waals surface area contributed by atoms with Crippen molar-refractivity contribution in [1.29, 1.82) is 0 Å². The lowest BCUT2D eigenvalue weighted by atomic mass is 10.1. The fraction of sp³-hybridized carbons (Fsp3) is 0.167. The van der Waals surface area contributed by atoms with E-state index in [1.165, 1.54) is 0 Å². The Hall–Kier alpha value is -3.60. The van der Waals surface area contributed by atoms with Gasteiger partial charge in [0.05, 0.1) is 0 Å². The topological polar surface area (TPSA) is 58.6 Å². The van der Waals surface area contributed by atoms with Crippen LogP contribution in [0.5, 0.6) is 5.75 Å². The molecule has 0 aliphatic carbocycles. The summed E-state index contributed by atoms with van der Waals surface area (Å²) in [5, 5.41) is 2.94. The normalized spacial score (nSPS) is 13.2. The lowest BCUT2D eigenvalue weighted by Gasteiger charge is -2.20. The summed E-state index contributed by atoms with van der Waals surface area (Å²) < 4.78 is 5.67. The molecule has 0 spiro atoms. The maximum atomic E-state index is 12.6. The van der Waals surface area contributed by atoms with E-state index in [1.807, 2.05) is 66.7 Å². The number of nitrogens with zero attached hydrogens (tertiary/aromatic N) is 1. The van der Waals surface area contributed by atoms with Gasteiger partial charge in [-0.3, -0.25) is 9.59 Å². The predicted molar refractivity (Wildman–Crippen MR) is 110 cm³/mol. The number of fused-ring (bicyclic) bond motifs is 1. The summed E-state index contributed by atoms with van der Waals surface area (Å²) in [5.74, 6) is 0.426. The molecule has 29 heavy (non-hydrogen) atoms. The number of ether oxygens (including phenoxy) is 1. The maximum absolute atomic E-state index is 12.6. The molecule has 0 saturated carbocycles. The quantitative estimate of drug-likeness (QED) is 0.730. The van der Waals surface area contributed by atoms with E-state index in [9.17, 15) is 9.59 Å². The van der Waals surface area contributed by atoms with Crippen LogP contribution in [0.1, 0.15) is 27.0 Å². The molecule has 0 aromatic heterocycles. The first kappa shape index (κ1) is 18.7. The monoisotopic (exact) mass is 386 g/mol. The van der Waals surface area contributed by atoms with Crippen molar-refractivity contribution < 1.29 is 14.3 Å². The third-order valence-electron chi connectivity index (χ3n) is 4.90. The van der Waals surface area contributed by atoms with Crippen LogP contribution in [0.4, 0.5) is 0 Å². The summed E-state index contributed by atoms with van der Waals surface area (Å²) in [6, 6.07) is 24.9. The summed E-state index contributed by atoms with van der Waals surface area (Å²) in [6.45, 7) is 1.38. The number of benzene rings is 3. The minimum Gasteiger partial charge on any atom is -0.483 e. The average molecular weight is 386 g/mol. The number of carbonyl (C=O) groups is 2. The number of hydrogen-bond donors (Lipinski definition) is 1. The highest BCUT2D eigenvalue weighted by Crippen LogP contribution is 2.25. The Morgan fingerprint density at radius 2 is 1.62 bits per heavy atom. The lowest BCUT2D eigenvalue weighted by molar-refractivity contribution is -0.133. The molecule has 1 aliphatic heterocycles. The second-order valence-electron chi connectivity index (χ2n) is 7.01. The van der Waals surface area contributed by atoms with Gasteiger partial charge in [-0.15, -0.1) is 0 Å². The standard InChI is InChI=1S/C24H22N2O3/c27-23-17-29-22-12-11-20(24(28)25-14-18-7-3-1-4-8-18)13-21(22)16-26(23)15-19-9-5-2-6-10-19/h1-13H,14-17H2,(H,25,28). The Kier molecular flexibility index (Phi) is 5.56. The molecule has 2 amide bonds. The molecule has 146 valence electrons. The van der Waals surface area contributed by atoms with Crippen LogP contribution in [0.25, 0.3) is 0 Å². The summed E-state index contributed by atoms with van der Waals surface area (Å²) in [6.07, 6.45) is 0. The van der Waals surface area contributed by atoms with Crippen molar-refractivity contribution in [3.63, 3.8) is 0 Å². The fourth-order valence-electron chi connectivity index (χ4n) is 3.34. The van der Waals surface area contributed by atoms with Gasteiger partial charge in [-0.1, -0.05) is 60.7 Å². The summed E-state index contributed by atoms with van der Waals surface area (Å²) >= 11 is 0. The molecule has 5 nitrogen and oxygen atoms in total. The van der Waals surface area contributed by atoms with Gasteiger partial charge in [-0.05, 0) is 29.3 Å². The van der Waals surface area contributed by atoms with Gasteiger partial charge in [0.15, 0.2) is 6.61 Å². The Morgan fingerprint density at radius 1 is 0.931 bits per heavy atom. The number of carbonyl (C=O) groups excluding carboxylic acids is 2. The van der Waals surface area contributed by atoms with Crippen LogP contribution in [-0.4, -0.2) is 23.3 Å². The van der Waals surface area contributed by atoms with Crippen molar-refractivity contribution >= 4 is 11.8 Å². The molecule has 0 unspecified atom stereocenters. The lowest BCUT2D eigenvalue weighted by Crippen LogP contribution is -2.31. The molecule has 0 atom stereocenters. The van der Waals surface area contributed by atoms with Gasteiger partial charge in [0, 0.05) is 30.8 Å². The predicted octanol–water partition coefficient (Wildman–Crippen LogP) is 3.54. The highest BCUT2D eigenvalue weighted by atomic mass is 16.5. The molecule has 0 bridgehead atoms. The highest BCUT2D eigenvalue weighted by molar-refractivity contribution is 5.94. The second-order valence-corrected chi connectivity index (χ2v) is 7.01. The first-order valence-corrected chi connectivity index (χ1v) is 9.58. The van der Waals surface area contributed by atoms with Crippen LogP contribution in [0.3, 0.4) is 0 Å². The molecule has 0 saturated heterocycles. The van der Waals surface area contributed by atoms with Crippen molar-refractivity contribution in [3.8, 4) is 5.75 Å². The molecule has 1 N–H and O–H groups in total. The van der Waals surface area contributed by atoms with Gasteiger partial charge in [0.1, 0.15) is 5.75 Å². The molecule has 3 aromatic rings. The molecule has 0 fully saturated rings. The van der Waals surface area contributed by atoms with Crippen LogP contribution in [0.2, 0.25) is 0 Å². The van der Waals surface area contributed by atoms with Gasteiger partial charge in [-0.25, -0.2) is 0 Å². The van der Waals surface area contributed by atoms with E-state index in [1.54, 1.807) is 17.0 Å². The van der Waals surface area contributed by atoms with E-state index in [4.69, 9.17) is 4.74 Å². The fourth-order valence-corrected chi connectivity index (χ4v) is 3.34. The first-order valence-electron chi connectivity index (χ1n) is 9.58. The van der Waals surface area contributed by atoms with Crippen LogP contribution in [-0.2, 0) is 24.4 Å². The number of hydrogen-bond acceptors (Lipinski definition) is 3. The van der Waals surface area contributed by atoms with Crippen LogP contribution in [0, 0.1) is 0 Å². The minimum atomic E-state index is -0.151. The Morgan fingerprint density at radius 3 is 2.34 bits per heavy atom. The molecule has 1 aliphatic rings. The third kappa shape index (κ3) is 4.63. The molecule has 3 aromatic carbocycles. The zero-order chi connectivity index (χ0) is 20.1. The summed E-state index contributed by atoms with van der Waals surface area (Å²) in [7, 11) is 0. The van der Waals surface area contributed by atoms with Gasteiger partial charge in [-0.2, -0.15) is 0 Å². The third-order valence-corrected chi connectivity index (χ3v) is 4.90. The van der Waals surface area contributed by atoms with E-state index >= 15 is 0 Å². The van der Waals surface area contributed by atoms with Gasteiger partial charge < -0.3 is 15.0 Å². The molecule has 1 heterocycles. The van der Waals surface area contributed by atoms with Crippen molar-refractivity contribution in [2.45, 2.75) is 19.6 Å². The number of amides is 2. The van der Waals surface area contributed by atoms with Crippen molar-refractivity contribution in [3.05, 3.63) is 101 Å². The zero-order valence-electron chi connectivity index (χ0n) is 16.0. The van der Waals surface area contributed by atoms with Gasteiger partial charge in [0.25, 0.3) is 11.8 Å². The van der Waals surface area contributed by atoms with E-state index in [2.05, 4.69) is 5.32 Å². The minimum absolute atomic E-state index is 0.000611. The van der Waals surface area contributed by atoms with E-state index < -0.39 is 0 Å².